The number of halogens is 1. The average molecular weight is 428 g/mol. The highest BCUT2D eigenvalue weighted by Crippen LogP contribution is 2.43. The Morgan fingerprint density at radius 3 is 2.17 bits per heavy atom. The first-order chi connectivity index (χ1) is 14.1. The summed E-state index contributed by atoms with van der Waals surface area (Å²) >= 11 is 0. The third-order valence-electron chi connectivity index (χ3n) is 6.41. The van der Waals surface area contributed by atoms with E-state index >= 15 is 0 Å². The molecule has 2 aliphatic rings. The minimum absolute atomic E-state index is 0. The topological polar surface area (TPSA) is 85.1 Å². The fraction of sp³-hybridized carbons (Fsp3) is 0.458. The van der Waals surface area contributed by atoms with E-state index < -0.39 is 0 Å². The van der Waals surface area contributed by atoms with Crippen molar-refractivity contribution in [3.05, 3.63) is 64.5 Å². The number of hydrogen-bond donors (Lipinski definition) is 2. The van der Waals surface area contributed by atoms with E-state index in [-0.39, 0.29) is 30.0 Å². The van der Waals surface area contributed by atoms with Crippen LogP contribution in [-0.4, -0.2) is 23.7 Å². The molecule has 160 valence electrons. The number of amides is 1. The molecule has 4 rings (SSSR count). The lowest BCUT2D eigenvalue weighted by Gasteiger charge is -2.28. The first-order valence-corrected chi connectivity index (χ1v) is 10.7. The van der Waals surface area contributed by atoms with Gasteiger partial charge in [0.2, 0.25) is 0 Å². The Balaban J connectivity index is 0.00000256. The molecule has 1 amide bonds. The number of ketones is 1. The molecule has 0 radical (unpaired) electrons. The predicted octanol–water partition coefficient (Wildman–Crippen LogP) is 4.36. The molecule has 0 bridgehead atoms. The van der Waals surface area contributed by atoms with Gasteiger partial charge >= 0.3 is 0 Å². The van der Waals surface area contributed by atoms with Crippen molar-refractivity contribution in [1.29, 1.82) is 0 Å². The number of hydrogen-bond acceptors (Lipinski definition) is 4. The van der Waals surface area contributed by atoms with Gasteiger partial charge in [-0.15, -0.1) is 12.4 Å². The van der Waals surface area contributed by atoms with E-state index in [1.807, 2.05) is 18.2 Å². The van der Waals surface area contributed by atoms with Crippen LogP contribution in [0.5, 0.6) is 0 Å². The van der Waals surface area contributed by atoms with E-state index in [4.69, 9.17) is 5.73 Å². The van der Waals surface area contributed by atoms with Crippen LogP contribution in [0.25, 0.3) is 0 Å². The van der Waals surface area contributed by atoms with Crippen molar-refractivity contribution in [2.75, 3.05) is 7.05 Å². The third kappa shape index (κ3) is 4.73. The van der Waals surface area contributed by atoms with Crippen molar-refractivity contribution in [2.45, 2.75) is 56.9 Å². The van der Waals surface area contributed by atoms with Crippen molar-refractivity contribution in [1.82, 2.24) is 10.3 Å². The zero-order valence-corrected chi connectivity index (χ0v) is 18.2. The number of nitrogens with zero attached hydrogens (tertiary/aromatic N) is 1. The highest BCUT2D eigenvalue weighted by Gasteiger charge is 2.33. The van der Waals surface area contributed by atoms with Crippen LogP contribution in [0, 0.1) is 5.92 Å². The van der Waals surface area contributed by atoms with Crippen molar-refractivity contribution >= 4 is 24.1 Å². The van der Waals surface area contributed by atoms with Gasteiger partial charge in [-0.05, 0) is 79.7 Å². The largest absolute Gasteiger partial charge is 0.355 e. The molecule has 3 N–H and O–H groups in total. The zero-order valence-electron chi connectivity index (χ0n) is 17.4. The summed E-state index contributed by atoms with van der Waals surface area (Å²) in [6.07, 6.45) is 6.07. The van der Waals surface area contributed by atoms with E-state index in [1.54, 1.807) is 7.05 Å². The number of nitrogens with one attached hydrogen (secondary N) is 1. The van der Waals surface area contributed by atoms with E-state index in [1.165, 1.54) is 5.56 Å². The minimum Gasteiger partial charge on any atom is -0.355 e. The highest BCUT2D eigenvalue weighted by atomic mass is 35.5. The fourth-order valence-electron chi connectivity index (χ4n) is 4.48. The van der Waals surface area contributed by atoms with Gasteiger partial charge in [0.05, 0.1) is 5.69 Å². The molecule has 0 spiro atoms. The van der Waals surface area contributed by atoms with Crippen LogP contribution in [0.2, 0.25) is 0 Å². The molecular weight excluding hydrogens is 398 g/mol. The Morgan fingerprint density at radius 2 is 1.60 bits per heavy atom. The second kappa shape index (κ2) is 9.71. The molecule has 5 nitrogen and oxygen atoms in total. The molecule has 2 aromatic rings. The molecule has 6 heteroatoms. The molecule has 1 aromatic carbocycles. The predicted molar refractivity (Wildman–Crippen MR) is 120 cm³/mol. The molecule has 0 atom stereocenters. The summed E-state index contributed by atoms with van der Waals surface area (Å²) in [5.41, 5.74) is 10.3. The summed E-state index contributed by atoms with van der Waals surface area (Å²) in [6, 6.07) is 11.9. The Morgan fingerprint density at radius 1 is 0.967 bits per heavy atom. The van der Waals surface area contributed by atoms with E-state index in [9.17, 15) is 9.59 Å². The summed E-state index contributed by atoms with van der Waals surface area (Å²) in [4.78, 5) is 29.6. The molecule has 0 unspecified atom stereocenters. The second-order valence-electron chi connectivity index (χ2n) is 8.33. The van der Waals surface area contributed by atoms with Crippen LogP contribution >= 0.6 is 12.4 Å². The van der Waals surface area contributed by atoms with Crippen molar-refractivity contribution in [3.63, 3.8) is 0 Å². The number of pyridine rings is 1. The van der Waals surface area contributed by atoms with Crippen LogP contribution in [0.1, 0.15) is 88.0 Å². The molecule has 2 fully saturated rings. The maximum Gasteiger partial charge on any atom is 0.251 e. The summed E-state index contributed by atoms with van der Waals surface area (Å²) in [6.45, 7) is 0.365. The molecule has 2 saturated carbocycles. The molecule has 1 aromatic heterocycles. The zero-order chi connectivity index (χ0) is 20.4. The Hall–Kier alpha value is -2.24. The number of aromatic nitrogens is 1. The van der Waals surface area contributed by atoms with Gasteiger partial charge in [-0.3, -0.25) is 9.59 Å². The Labute approximate surface area is 184 Å². The van der Waals surface area contributed by atoms with Crippen LogP contribution in [0.3, 0.4) is 0 Å². The smallest absolute Gasteiger partial charge is 0.251 e. The van der Waals surface area contributed by atoms with Gasteiger partial charge in [-0.2, -0.15) is 0 Å². The van der Waals surface area contributed by atoms with Crippen LogP contribution in [0.15, 0.2) is 36.4 Å². The van der Waals surface area contributed by atoms with Gasteiger partial charge in [0.25, 0.3) is 5.91 Å². The SMILES string of the molecule is CNC(=O)c1ccc(C2CCC(C(=O)c3nc(CN)ccc3C3CC3)CC2)cc1.Cl. The summed E-state index contributed by atoms with van der Waals surface area (Å²) in [5.74, 6) is 1.14. The normalized spacial score (nSPS) is 20.9. The highest BCUT2D eigenvalue weighted by molar-refractivity contribution is 5.98. The summed E-state index contributed by atoms with van der Waals surface area (Å²) < 4.78 is 0. The standard InChI is InChI=1S/C24H29N3O2.ClH/c1-26-24(29)19-10-4-16(5-11-19)15-2-8-18(9-3-15)23(28)22-21(17-6-7-17)13-12-20(14-25)27-22;/h4-5,10-13,15,17-18H,2-3,6-9,14,25H2,1H3,(H,26,29);1H. The number of rotatable bonds is 6. The number of carbonyl (C=O) groups is 2. The Bertz CT molecular complexity index is 901. The lowest BCUT2D eigenvalue weighted by atomic mass is 9.76. The maximum absolute atomic E-state index is 13.3. The van der Waals surface area contributed by atoms with Gasteiger partial charge < -0.3 is 11.1 Å². The number of carbonyl (C=O) groups excluding carboxylic acids is 2. The van der Waals surface area contributed by atoms with E-state index in [0.29, 0.717) is 29.6 Å². The van der Waals surface area contributed by atoms with Gasteiger partial charge in [-0.1, -0.05) is 18.2 Å². The van der Waals surface area contributed by atoms with Gasteiger partial charge in [0.15, 0.2) is 5.78 Å². The first kappa shape index (κ1) is 22.4. The third-order valence-corrected chi connectivity index (χ3v) is 6.41. The number of Topliss-reactive ketones (excluding diaryl/α,β-unsaturated/α-hetero) is 1. The molecule has 30 heavy (non-hydrogen) atoms. The molecule has 0 saturated heterocycles. The molecule has 2 aliphatic carbocycles. The average Bonchev–Trinajstić information content (AvgIpc) is 3.63. The summed E-state index contributed by atoms with van der Waals surface area (Å²) in [7, 11) is 1.64. The monoisotopic (exact) mass is 427 g/mol. The Kier molecular flexibility index (Phi) is 7.27. The molecular formula is C24H30ClN3O2. The van der Waals surface area contributed by atoms with Crippen molar-refractivity contribution < 1.29 is 9.59 Å². The molecule has 0 aliphatic heterocycles. The second-order valence-corrected chi connectivity index (χ2v) is 8.33. The molecule has 1 heterocycles. The number of nitrogens with two attached hydrogens (primary N) is 1. The fourth-order valence-corrected chi connectivity index (χ4v) is 4.48. The lowest BCUT2D eigenvalue weighted by molar-refractivity contribution is 0.0876. The maximum atomic E-state index is 13.3. The van der Waals surface area contributed by atoms with Gasteiger partial charge in [-0.25, -0.2) is 4.98 Å². The van der Waals surface area contributed by atoms with Gasteiger partial charge in [0, 0.05) is 25.1 Å². The van der Waals surface area contributed by atoms with Crippen molar-refractivity contribution in [3.8, 4) is 0 Å². The van der Waals surface area contributed by atoms with Crippen LogP contribution in [0.4, 0.5) is 0 Å². The van der Waals surface area contributed by atoms with Crippen molar-refractivity contribution in [2.24, 2.45) is 11.7 Å². The number of benzene rings is 1. The van der Waals surface area contributed by atoms with Crippen LogP contribution in [-0.2, 0) is 6.54 Å². The first-order valence-electron chi connectivity index (χ1n) is 10.7. The van der Waals surface area contributed by atoms with Crippen LogP contribution < -0.4 is 11.1 Å². The van der Waals surface area contributed by atoms with E-state index in [0.717, 1.165) is 49.8 Å². The quantitative estimate of drug-likeness (QED) is 0.671. The summed E-state index contributed by atoms with van der Waals surface area (Å²) in [5, 5.41) is 2.65. The lowest BCUT2D eigenvalue weighted by Crippen LogP contribution is -2.24. The minimum atomic E-state index is -0.0652. The van der Waals surface area contributed by atoms with E-state index in [2.05, 4.69) is 28.5 Å². The van der Waals surface area contributed by atoms with Gasteiger partial charge in [0.1, 0.15) is 5.69 Å².